The number of amides is 6. The number of nitrogens with zero attached hydrogens (tertiary/aromatic N) is 8. The molecule has 32 nitrogen and oxygen atoms in total. The van der Waals surface area contributed by atoms with Crippen molar-refractivity contribution >= 4 is 80.8 Å². The van der Waals surface area contributed by atoms with Crippen molar-refractivity contribution in [1.29, 1.82) is 0 Å². The van der Waals surface area contributed by atoms with Crippen LogP contribution in [0.4, 0.5) is 10.5 Å². The van der Waals surface area contributed by atoms with Crippen molar-refractivity contribution in [2.45, 2.75) is 206 Å². The van der Waals surface area contributed by atoms with Crippen LogP contribution in [-0.4, -0.2) is 244 Å². The summed E-state index contributed by atoms with van der Waals surface area (Å²) >= 11 is 0. The summed E-state index contributed by atoms with van der Waals surface area (Å²) in [7, 11) is 4.10. The van der Waals surface area contributed by atoms with Crippen molar-refractivity contribution in [2.75, 3.05) is 72.0 Å². The number of aromatic nitrogens is 3. The number of benzene rings is 3. The zero-order valence-corrected chi connectivity index (χ0v) is 64.8. The Balaban J connectivity index is 0.722. The van der Waals surface area contributed by atoms with E-state index in [1.807, 2.05) is 36.2 Å². The normalized spacial score (nSPS) is 20.4. The van der Waals surface area contributed by atoms with E-state index in [0.29, 0.717) is 61.5 Å². The number of pyridine rings is 2. The first-order valence-electron chi connectivity index (χ1n) is 38.3. The lowest BCUT2D eigenvalue weighted by atomic mass is 9.77. The highest BCUT2D eigenvalue weighted by molar-refractivity contribution is 5.99. The summed E-state index contributed by atoms with van der Waals surface area (Å²) in [5.74, 6) is -6.52. The Labute approximate surface area is 647 Å². The Morgan fingerprint density at radius 1 is 0.750 bits per heavy atom. The minimum Gasteiger partial charge on any atom is -0.481 e. The number of aliphatic hydroxyl groups excluding tert-OH is 3. The molecule has 0 unspecified atom stereocenters. The zero-order valence-electron chi connectivity index (χ0n) is 64.8. The van der Waals surface area contributed by atoms with Crippen LogP contribution >= 0.6 is 0 Å². The van der Waals surface area contributed by atoms with Crippen molar-refractivity contribution in [2.24, 2.45) is 5.92 Å². The number of carbonyl (C=O) groups is 9. The van der Waals surface area contributed by atoms with Gasteiger partial charge in [0.05, 0.1) is 68.5 Å². The van der Waals surface area contributed by atoms with E-state index in [4.69, 9.17) is 33.8 Å². The predicted octanol–water partition coefficient (Wildman–Crippen LogP) is 4.24. The number of carbonyl (C=O) groups excluding carboxylic acids is 7. The number of rotatable bonds is 32. The predicted molar refractivity (Wildman–Crippen MR) is 407 cm³/mol. The van der Waals surface area contributed by atoms with E-state index in [2.05, 4.69) is 62.7 Å². The largest absolute Gasteiger partial charge is 0.481 e. The molecule has 9 N–H and O–H groups in total. The van der Waals surface area contributed by atoms with Gasteiger partial charge in [0.2, 0.25) is 35.8 Å². The number of Topliss-reactive ketones (excluding diaryl/α,β-unsaturated/α-hetero) is 1. The molecule has 7 heterocycles. The summed E-state index contributed by atoms with van der Waals surface area (Å²) in [4.78, 5) is 145. The van der Waals surface area contributed by atoms with Crippen molar-refractivity contribution in [3.05, 3.63) is 122 Å². The molecule has 2 fully saturated rings. The smallest absolute Gasteiger partial charge is 0.410 e. The highest BCUT2D eigenvalue weighted by Gasteiger charge is 2.49. The van der Waals surface area contributed by atoms with Gasteiger partial charge in [-0.3, -0.25) is 38.4 Å². The third-order valence-electron chi connectivity index (χ3n) is 22.1. The van der Waals surface area contributed by atoms with E-state index < -0.39 is 103 Å². The summed E-state index contributed by atoms with van der Waals surface area (Å²) in [5.41, 5.74) is 6.50. The Hall–Kier alpha value is -9.77. The maximum Gasteiger partial charge on any atom is 0.410 e. The lowest BCUT2D eigenvalue weighted by molar-refractivity contribution is -0.271. The Kier molecular flexibility index (Phi) is 26.7. The number of carboxylic acids is 2. The number of aryl methyl sites for hydroxylation is 2. The number of hydrogen-bond acceptors (Lipinski definition) is 22. The quantitative estimate of drug-likeness (QED) is 0.0266. The van der Waals surface area contributed by atoms with Gasteiger partial charge in [-0.05, 0) is 119 Å². The summed E-state index contributed by atoms with van der Waals surface area (Å²) < 4.78 is 32.4. The van der Waals surface area contributed by atoms with Gasteiger partial charge in [0, 0.05) is 130 Å². The number of likely N-dealkylation sites (tertiary alicyclic amines) is 1. The molecule has 3 aromatic carbocycles. The van der Waals surface area contributed by atoms with Crippen molar-refractivity contribution in [3.8, 4) is 17.1 Å². The molecule has 8 atom stereocenters. The van der Waals surface area contributed by atoms with Gasteiger partial charge in [-0.2, -0.15) is 0 Å². The van der Waals surface area contributed by atoms with Crippen LogP contribution in [0.3, 0.4) is 0 Å². The van der Waals surface area contributed by atoms with Gasteiger partial charge in [-0.25, -0.2) is 24.6 Å². The molecule has 0 saturated carbocycles. The Morgan fingerprint density at radius 2 is 1.47 bits per heavy atom. The van der Waals surface area contributed by atoms with E-state index in [1.165, 1.54) is 46.7 Å². The Morgan fingerprint density at radius 3 is 2.18 bits per heavy atom. The van der Waals surface area contributed by atoms with Crippen LogP contribution in [0.15, 0.2) is 71.5 Å². The summed E-state index contributed by atoms with van der Waals surface area (Å²) in [6.07, 6.45) is -9.99. The lowest BCUT2D eigenvalue weighted by Gasteiger charge is -2.39. The number of nitrogens with one attached hydrogen (secondary N) is 3. The lowest BCUT2D eigenvalue weighted by Crippen LogP contribution is -2.61. The van der Waals surface area contributed by atoms with Crippen molar-refractivity contribution < 1.29 is 97.5 Å². The van der Waals surface area contributed by atoms with Gasteiger partial charge in [-0.15, -0.1) is 0 Å². The molecule has 0 spiro atoms. The fourth-order valence-electron chi connectivity index (χ4n) is 15.5. The second kappa shape index (κ2) is 35.9. The van der Waals surface area contributed by atoms with Crippen molar-refractivity contribution in [3.63, 3.8) is 0 Å². The maximum atomic E-state index is 14.3. The van der Waals surface area contributed by atoms with Gasteiger partial charge >= 0.3 is 18.0 Å². The van der Waals surface area contributed by atoms with Gasteiger partial charge < -0.3 is 94.1 Å². The fourth-order valence-corrected chi connectivity index (χ4v) is 15.5. The van der Waals surface area contributed by atoms with E-state index in [1.54, 1.807) is 50.2 Å². The minimum atomic E-state index is -2.08. The molecule has 2 saturated heterocycles. The zero-order chi connectivity index (χ0) is 80.7. The van der Waals surface area contributed by atoms with E-state index in [9.17, 15) is 73.5 Å². The molecule has 112 heavy (non-hydrogen) atoms. The number of ether oxygens (including phenoxy) is 5. The third-order valence-corrected chi connectivity index (χ3v) is 22.1. The molecule has 3 aromatic heterocycles. The molecule has 5 aliphatic rings. The highest BCUT2D eigenvalue weighted by Crippen LogP contribution is 2.42. The van der Waals surface area contributed by atoms with Gasteiger partial charge in [0.25, 0.3) is 5.56 Å². The molecule has 11 rings (SSSR count). The van der Waals surface area contributed by atoms with Crippen LogP contribution in [0.1, 0.15) is 138 Å². The van der Waals surface area contributed by atoms with Gasteiger partial charge in [-0.1, -0.05) is 56.7 Å². The van der Waals surface area contributed by atoms with Crippen LogP contribution in [0.5, 0.6) is 5.75 Å². The first kappa shape index (κ1) is 83.2. The van der Waals surface area contributed by atoms with Crippen LogP contribution in [0, 0.1) is 12.8 Å². The number of hydrogen-bond donors (Lipinski definition) is 9. The second-order valence-corrected chi connectivity index (χ2v) is 30.2. The molecule has 604 valence electrons. The molecule has 32 heteroatoms. The molecular weight excluding hydrogens is 1450 g/mol. The van der Waals surface area contributed by atoms with E-state index in [0.717, 1.165) is 34.1 Å². The number of para-hydroxylation sites is 1. The standard InChI is InChI=1S/C80H103N11O21/c1-10-80(107)56-39-60-69-55(41-91(60)76(103)52(56)17-20-63(80)92)50(51-13-11-12-14-57(51)82-69)25-30-88(45(4)5)79(106)110-43-48-16-18-58(62(38-48)111-78-72(100)70(98)71(99)73(112-78)77(104)105)83-74(101)47(7)81-75(102)68(44(2)3)84-64(93)21-22-66(95)89(32-34-109-36-35-108-33-27-67(96)97)49-23-28-87(29-24-49)65(94)26-31-90-59-19-15-46(6)37-53(59)54-40-85(8)86(9)42-61(54)90/h11-16,18-19,37-39,44-45,47,49,68,70-73,78,98-100,107H,10,17,20-36,40-43H2,1-9H3,(H,81,102)(H,83,101)(H,84,93)(H,96,97)(H,104,105)/t47-,68-,70-,71-,72+,73-,78+,80-/m0/s1. The average Bonchev–Trinajstić information content (AvgIpc) is 1.53. The van der Waals surface area contributed by atoms with Crippen molar-refractivity contribution in [1.82, 2.24) is 49.5 Å². The second-order valence-electron chi connectivity index (χ2n) is 30.2. The Bertz CT molecular complexity index is 4610. The molecular formula is C80H103N11O21. The summed E-state index contributed by atoms with van der Waals surface area (Å²) in [5, 5.41) is 77.2. The van der Waals surface area contributed by atoms with Crippen LogP contribution in [0.2, 0.25) is 0 Å². The first-order chi connectivity index (χ1) is 53.4. The number of aliphatic hydroxyl groups is 4. The monoisotopic (exact) mass is 1550 g/mol. The molecule has 0 bridgehead atoms. The van der Waals surface area contributed by atoms with Gasteiger partial charge in [0.1, 0.15) is 48.4 Å². The van der Waals surface area contributed by atoms with Crippen LogP contribution in [0.25, 0.3) is 33.2 Å². The third kappa shape index (κ3) is 18.3. The average molecular weight is 1550 g/mol. The number of hydrazine groups is 1. The maximum absolute atomic E-state index is 14.3. The summed E-state index contributed by atoms with van der Waals surface area (Å²) in [6, 6.07) is 16.4. The topological polar surface area (TPSA) is 413 Å². The number of carboxylic acid groups (broad SMARTS) is 2. The highest BCUT2D eigenvalue weighted by atomic mass is 16.7. The fraction of sp³-hybridized carbons (Fsp3) is 0.537. The number of fused-ring (bicyclic) bond motifs is 8. The first-order valence-corrected chi connectivity index (χ1v) is 38.3. The molecule has 1 aliphatic carbocycles. The molecule has 0 radical (unpaired) electrons. The number of anilines is 1. The number of ketones is 1. The number of piperidine rings is 1. The summed E-state index contributed by atoms with van der Waals surface area (Å²) in [6.45, 7) is 15.2. The van der Waals surface area contributed by atoms with E-state index in [-0.39, 0.29) is 149 Å². The number of aliphatic carboxylic acids is 2. The SMILES string of the molecule is CC[C@@]1(O)C(=O)CCc2c1cc1n(c2=O)Cc2c-1nc1ccccc1c2CCN(C(=O)OCc1ccc(NC(=O)[C@H](C)NC(=O)[C@@H](NC(=O)CCC(=O)N(CCOCCOCCC(=O)O)C2CCN(C(=O)CCn3c4c(c5cc(C)ccc53)CN(C)N(C)C4)CC2)C(C)C)c(O[C@@H]2O[C@H](C(=O)O)[C@@H](O)[C@H](O)[C@H]2O)c1)C(C)C. The molecule has 4 aliphatic heterocycles. The van der Waals surface area contributed by atoms with E-state index >= 15 is 0 Å². The van der Waals surface area contributed by atoms with Crippen LogP contribution in [-0.2, 0) is 109 Å². The molecule has 6 amide bonds. The minimum absolute atomic E-state index is 0.00401. The van der Waals surface area contributed by atoms with Gasteiger partial charge in [0.15, 0.2) is 11.9 Å². The molecule has 6 aromatic rings. The van der Waals surface area contributed by atoms with Crippen LogP contribution < -0.4 is 26.2 Å².